The first kappa shape index (κ1) is 16.4. The molecule has 1 rings (SSSR count). The maximum absolute atomic E-state index is 12.5. The average Bonchev–Trinajstić information content (AvgIpc) is 2.42. The summed E-state index contributed by atoms with van der Waals surface area (Å²) in [5.41, 5.74) is 7.14. The number of nitrogen functional groups attached to an aromatic ring is 1. The molecule has 5 heteroatoms. The van der Waals surface area contributed by atoms with Gasteiger partial charge in [0.25, 0.3) is 5.91 Å². The quantitative estimate of drug-likeness (QED) is 0.800. The smallest absolute Gasteiger partial charge is 0.254 e. The lowest BCUT2D eigenvalue weighted by Crippen LogP contribution is -2.34. The Balaban J connectivity index is 2.98. The van der Waals surface area contributed by atoms with Crippen LogP contribution in [0.5, 0.6) is 0 Å². The molecule has 1 aromatic heterocycles. The monoisotopic (exact) mass is 279 g/mol. The third-order valence-corrected chi connectivity index (χ3v) is 3.14. The van der Waals surface area contributed by atoms with Crippen LogP contribution in [0.1, 0.15) is 55.6 Å². The Labute approximate surface area is 120 Å². The summed E-state index contributed by atoms with van der Waals surface area (Å²) in [4.78, 5) is 18.4. The summed E-state index contributed by atoms with van der Waals surface area (Å²) in [6.07, 6.45) is 1.92. The van der Waals surface area contributed by atoms with Gasteiger partial charge in [0.2, 0.25) is 0 Å². The number of carbonyl (C=O) groups is 1. The molecule has 0 bridgehead atoms. The number of hydrogen-bond acceptors (Lipinski definition) is 4. The normalized spacial score (nSPS) is 10.8. The molecule has 0 saturated heterocycles. The van der Waals surface area contributed by atoms with E-state index in [1.165, 1.54) is 0 Å². The summed E-state index contributed by atoms with van der Waals surface area (Å²) in [5.74, 6) is 0.481. The molecule has 1 heterocycles. The van der Waals surface area contributed by atoms with Crippen LogP contribution in [0, 0.1) is 0 Å². The van der Waals surface area contributed by atoms with Gasteiger partial charge < -0.3 is 15.7 Å². The number of nitrogens with two attached hydrogens (primary N) is 1. The molecular formula is C15H25N3O2. The van der Waals surface area contributed by atoms with Crippen molar-refractivity contribution in [2.45, 2.75) is 39.5 Å². The molecule has 0 aliphatic carbocycles. The van der Waals surface area contributed by atoms with E-state index in [0.29, 0.717) is 24.5 Å². The van der Waals surface area contributed by atoms with Crippen molar-refractivity contribution in [1.29, 1.82) is 0 Å². The van der Waals surface area contributed by atoms with Crippen molar-refractivity contribution >= 4 is 11.7 Å². The van der Waals surface area contributed by atoms with Gasteiger partial charge >= 0.3 is 0 Å². The first-order valence-electron chi connectivity index (χ1n) is 7.17. The van der Waals surface area contributed by atoms with Crippen LogP contribution >= 0.6 is 0 Å². The van der Waals surface area contributed by atoms with Crippen molar-refractivity contribution in [3.05, 3.63) is 23.4 Å². The zero-order valence-corrected chi connectivity index (χ0v) is 12.6. The van der Waals surface area contributed by atoms with E-state index in [1.54, 1.807) is 17.0 Å². The second-order valence-corrected chi connectivity index (χ2v) is 5.23. The van der Waals surface area contributed by atoms with E-state index in [0.717, 1.165) is 18.5 Å². The second kappa shape index (κ2) is 7.85. The van der Waals surface area contributed by atoms with Gasteiger partial charge in [0.05, 0.1) is 6.61 Å². The van der Waals surface area contributed by atoms with Crippen LogP contribution in [0.15, 0.2) is 12.1 Å². The summed E-state index contributed by atoms with van der Waals surface area (Å²) in [6.45, 7) is 7.06. The number of aromatic nitrogens is 1. The summed E-state index contributed by atoms with van der Waals surface area (Å²) >= 11 is 0. The maximum Gasteiger partial charge on any atom is 0.254 e. The first-order chi connectivity index (χ1) is 9.49. The van der Waals surface area contributed by atoms with Crippen LogP contribution in [-0.2, 0) is 0 Å². The molecule has 0 aliphatic rings. The van der Waals surface area contributed by atoms with Gasteiger partial charge in [-0.1, -0.05) is 27.2 Å². The Hall–Kier alpha value is -1.62. The van der Waals surface area contributed by atoms with E-state index < -0.39 is 0 Å². The van der Waals surface area contributed by atoms with Gasteiger partial charge in [0.15, 0.2) is 0 Å². The van der Waals surface area contributed by atoms with Gasteiger partial charge in [-0.05, 0) is 24.5 Å². The van der Waals surface area contributed by atoms with E-state index in [4.69, 9.17) is 10.8 Å². The zero-order valence-electron chi connectivity index (χ0n) is 12.6. The molecule has 0 fully saturated rings. The Morgan fingerprint density at radius 3 is 2.65 bits per heavy atom. The molecule has 20 heavy (non-hydrogen) atoms. The lowest BCUT2D eigenvalue weighted by atomic mass is 10.1. The standard InChI is InChI=1S/C15H25N3O2/c1-4-5-6-18(7-8-19)15(20)12-9-13(11(2)3)17-14(16)10-12/h9-11,19H,4-8H2,1-3H3,(H2,16,17). The molecule has 0 spiro atoms. The van der Waals surface area contributed by atoms with Crippen LogP contribution in [0.4, 0.5) is 5.82 Å². The Morgan fingerprint density at radius 1 is 1.40 bits per heavy atom. The molecule has 0 radical (unpaired) electrons. The minimum absolute atomic E-state index is 0.0347. The predicted octanol–water partition coefficient (Wildman–Crippen LogP) is 2.02. The third kappa shape index (κ3) is 4.49. The van der Waals surface area contributed by atoms with Gasteiger partial charge in [0.1, 0.15) is 5.82 Å². The van der Waals surface area contributed by atoms with Crippen molar-refractivity contribution < 1.29 is 9.90 Å². The fourth-order valence-corrected chi connectivity index (χ4v) is 1.96. The van der Waals surface area contributed by atoms with Crippen molar-refractivity contribution in [3.63, 3.8) is 0 Å². The van der Waals surface area contributed by atoms with Crippen LogP contribution in [0.3, 0.4) is 0 Å². The van der Waals surface area contributed by atoms with E-state index in [9.17, 15) is 4.79 Å². The Kier molecular flexibility index (Phi) is 6.45. The summed E-state index contributed by atoms with van der Waals surface area (Å²) in [5, 5.41) is 9.10. The van der Waals surface area contributed by atoms with Gasteiger partial charge in [-0.3, -0.25) is 4.79 Å². The third-order valence-electron chi connectivity index (χ3n) is 3.14. The molecule has 1 amide bonds. The second-order valence-electron chi connectivity index (χ2n) is 5.23. The molecule has 0 unspecified atom stereocenters. The SMILES string of the molecule is CCCCN(CCO)C(=O)c1cc(N)nc(C(C)C)c1. The van der Waals surface area contributed by atoms with E-state index in [1.807, 2.05) is 13.8 Å². The average molecular weight is 279 g/mol. The number of aliphatic hydroxyl groups is 1. The minimum atomic E-state index is -0.0940. The number of amides is 1. The van der Waals surface area contributed by atoms with Crippen LogP contribution in [0.2, 0.25) is 0 Å². The van der Waals surface area contributed by atoms with Gasteiger partial charge in [-0.25, -0.2) is 4.98 Å². The van der Waals surface area contributed by atoms with E-state index in [-0.39, 0.29) is 18.4 Å². The van der Waals surface area contributed by atoms with Gasteiger partial charge in [-0.15, -0.1) is 0 Å². The molecule has 112 valence electrons. The number of aliphatic hydroxyl groups excluding tert-OH is 1. The fourth-order valence-electron chi connectivity index (χ4n) is 1.96. The molecular weight excluding hydrogens is 254 g/mol. The first-order valence-corrected chi connectivity index (χ1v) is 7.17. The number of carbonyl (C=O) groups excluding carboxylic acids is 1. The highest BCUT2D eigenvalue weighted by Crippen LogP contribution is 2.17. The molecule has 0 aliphatic heterocycles. The zero-order chi connectivity index (χ0) is 15.1. The summed E-state index contributed by atoms with van der Waals surface area (Å²) in [7, 11) is 0. The number of unbranched alkanes of at least 4 members (excludes halogenated alkanes) is 1. The number of hydrogen-bond donors (Lipinski definition) is 2. The predicted molar refractivity (Wildman–Crippen MR) is 80.6 cm³/mol. The van der Waals surface area contributed by atoms with Crippen LogP contribution in [-0.4, -0.2) is 40.6 Å². The lowest BCUT2D eigenvalue weighted by Gasteiger charge is -2.22. The molecule has 3 N–H and O–H groups in total. The molecule has 0 saturated carbocycles. The summed E-state index contributed by atoms with van der Waals surface area (Å²) in [6, 6.07) is 3.39. The topological polar surface area (TPSA) is 79.5 Å². The molecule has 1 aromatic rings. The molecule has 0 aromatic carbocycles. The Morgan fingerprint density at radius 2 is 2.10 bits per heavy atom. The number of anilines is 1. The van der Waals surface area contributed by atoms with E-state index >= 15 is 0 Å². The van der Waals surface area contributed by atoms with Crippen LogP contribution < -0.4 is 5.73 Å². The maximum atomic E-state index is 12.5. The highest BCUT2D eigenvalue weighted by molar-refractivity contribution is 5.95. The van der Waals surface area contributed by atoms with Gasteiger partial charge in [0, 0.05) is 24.3 Å². The van der Waals surface area contributed by atoms with Gasteiger partial charge in [-0.2, -0.15) is 0 Å². The molecule has 5 nitrogen and oxygen atoms in total. The highest BCUT2D eigenvalue weighted by atomic mass is 16.3. The lowest BCUT2D eigenvalue weighted by molar-refractivity contribution is 0.0719. The Bertz CT molecular complexity index is 447. The number of nitrogens with zero attached hydrogens (tertiary/aromatic N) is 2. The highest BCUT2D eigenvalue weighted by Gasteiger charge is 2.17. The van der Waals surface area contributed by atoms with Crippen LogP contribution in [0.25, 0.3) is 0 Å². The fraction of sp³-hybridized carbons (Fsp3) is 0.600. The van der Waals surface area contributed by atoms with Crippen molar-refractivity contribution in [2.75, 3.05) is 25.4 Å². The van der Waals surface area contributed by atoms with Crippen molar-refractivity contribution in [1.82, 2.24) is 9.88 Å². The number of pyridine rings is 1. The molecule has 0 atom stereocenters. The minimum Gasteiger partial charge on any atom is -0.395 e. The van der Waals surface area contributed by atoms with Crippen molar-refractivity contribution in [2.24, 2.45) is 0 Å². The largest absolute Gasteiger partial charge is 0.395 e. The van der Waals surface area contributed by atoms with E-state index in [2.05, 4.69) is 11.9 Å². The van der Waals surface area contributed by atoms with Crippen molar-refractivity contribution in [3.8, 4) is 0 Å². The summed E-state index contributed by atoms with van der Waals surface area (Å²) < 4.78 is 0. The number of rotatable bonds is 7.